The summed E-state index contributed by atoms with van der Waals surface area (Å²) < 4.78 is 0. The molecule has 0 aliphatic carbocycles. The molecule has 0 radical (unpaired) electrons. The van der Waals surface area contributed by atoms with Crippen LogP contribution in [0.4, 0.5) is 0 Å². The first-order chi connectivity index (χ1) is 13.7. The maximum absolute atomic E-state index is 11.1. The zero-order chi connectivity index (χ0) is 20.0. The molecule has 2 aromatic rings. The number of nitrogens with zero attached hydrogens (tertiary/aromatic N) is 2. The molecule has 0 aromatic carbocycles. The van der Waals surface area contributed by atoms with Gasteiger partial charge in [-0.05, 0) is 42.7 Å². The van der Waals surface area contributed by atoms with Gasteiger partial charge in [-0.15, -0.1) is 0 Å². The lowest BCUT2D eigenvalue weighted by atomic mass is 10.0. The molecule has 4 nitrogen and oxygen atoms in total. The largest absolute Gasteiger partial charge is 0.478 e. The summed E-state index contributed by atoms with van der Waals surface area (Å²) in [4.78, 5) is 19.8. The Balaban J connectivity index is 1.67. The van der Waals surface area contributed by atoms with Gasteiger partial charge in [0.05, 0.1) is 17.0 Å². The number of pyridine rings is 2. The van der Waals surface area contributed by atoms with Crippen LogP contribution in [0.25, 0.3) is 11.4 Å². The molecule has 28 heavy (non-hydrogen) atoms. The van der Waals surface area contributed by atoms with E-state index in [1.807, 2.05) is 12.1 Å². The summed E-state index contributed by atoms with van der Waals surface area (Å²) in [6, 6.07) is 7.16. The highest BCUT2D eigenvalue weighted by Gasteiger charge is 2.07. The average molecular weight is 383 g/mol. The Morgan fingerprint density at radius 1 is 0.786 bits per heavy atom. The van der Waals surface area contributed by atoms with Gasteiger partial charge in [0.2, 0.25) is 0 Å². The molecule has 1 N–H and O–H groups in total. The number of hydrogen-bond acceptors (Lipinski definition) is 3. The van der Waals surface area contributed by atoms with E-state index in [2.05, 4.69) is 16.9 Å². The second-order valence-corrected chi connectivity index (χ2v) is 7.57. The number of unbranched alkanes of at least 4 members (excludes halogenated alkanes) is 10. The predicted octanol–water partition coefficient (Wildman–Crippen LogP) is 6.70. The van der Waals surface area contributed by atoms with E-state index < -0.39 is 5.97 Å². The van der Waals surface area contributed by atoms with E-state index in [1.165, 1.54) is 88.5 Å². The number of aromatic carboxylic acids is 1. The van der Waals surface area contributed by atoms with Crippen LogP contribution in [-0.2, 0) is 6.42 Å². The molecule has 0 spiro atoms. The van der Waals surface area contributed by atoms with Crippen molar-refractivity contribution in [3.63, 3.8) is 0 Å². The van der Waals surface area contributed by atoms with E-state index >= 15 is 0 Å². The number of aryl methyl sites for hydroxylation is 1. The van der Waals surface area contributed by atoms with Crippen molar-refractivity contribution in [1.29, 1.82) is 0 Å². The zero-order valence-electron chi connectivity index (χ0n) is 17.2. The average Bonchev–Trinajstić information content (AvgIpc) is 2.72. The molecule has 0 unspecified atom stereocenters. The first-order valence-corrected chi connectivity index (χ1v) is 10.9. The number of hydrogen-bond donors (Lipinski definition) is 1. The summed E-state index contributed by atoms with van der Waals surface area (Å²) in [6.45, 7) is 2.26. The molecule has 0 atom stereocenters. The lowest BCUT2D eigenvalue weighted by molar-refractivity contribution is 0.0697. The number of carboxylic acids is 1. The Morgan fingerprint density at radius 3 is 1.93 bits per heavy atom. The third kappa shape index (κ3) is 8.20. The van der Waals surface area contributed by atoms with Gasteiger partial charge in [-0.1, -0.05) is 71.1 Å². The molecular weight excluding hydrogens is 348 g/mol. The van der Waals surface area contributed by atoms with Crippen molar-refractivity contribution in [2.24, 2.45) is 0 Å². The van der Waals surface area contributed by atoms with Crippen LogP contribution in [0.1, 0.15) is 93.5 Å². The van der Waals surface area contributed by atoms with Gasteiger partial charge in [-0.25, -0.2) is 4.79 Å². The molecule has 0 amide bonds. The van der Waals surface area contributed by atoms with Crippen LogP contribution >= 0.6 is 0 Å². The van der Waals surface area contributed by atoms with Crippen molar-refractivity contribution in [3.8, 4) is 11.4 Å². The van der Waals surface area contributed by atoms with Crippen LogP contribution in [0.5, 0.6) is 0 Å². The quantitative estimate of drug-likeness (QED) is 0.369. The van der Waals surface area contributed by atoms with Gasteiger partial charge < -0.3 is 5.11 Å². The minimum absolute atomic E-state index is 0.238. The molecule has 0 bridgehead atoms. The van der Waals surface area contributed by atoms with Crippen LogP contribution < -0.4 is 0 Å². The second kappa shape index (κ2) is 13.0. The van der Waals surface area contributed by atoms with Crippen molar-refractivity contribution < 1.29 is 9.90 Å². The highest BCUT2D eigenvalue weighted by Crippen LogP contribution is 2.18. The molecule has 4 heteroatoms. The van der Waals surface area contributed by atoms with Crippen molar-refractivity contribution >= 4 is 5.97 Å². The van der Waals surface area contributed by atoms with E-state index in [-0.39, 0.29) is 5.56 Å². The molecule has 0 fully saturated rings. The van der Waals surface area contributed by atoms with Gasteiger partial charge in [-0.2, -0.15) is 0 Å². The summed E-state index contributed by atoms with van der Waals surface area (Å²) in [5.74, 6) is -0.944. The van der Waals surface area contributed by atoms with Gasteiger partial charge in [-0.3, -0.25) is 9.97 Å². The molecule has 0 aliphatic rings. The third-order valence-electron chi connectivity index (χ3n) is 5.16. The molecule has 0 saturated carbocycles. The number of aromatic nitrogens is 2. The van der Waals surface area contributed by atoms with E-state index in [0.717, 1.165) is 12.1 Å². The Bertz CT molecular complexity index is 715. The highest BCUT2D eigenvalue weighted by molar-refractivity contribution is 5.88. The van der Waals surface area contributed by atoms with Crippen LogP contribution in [0.3, 0.4) is 0 Å². The number of carbonyl (C=O) groups is 1. The first kappa shape index (κ1) is 22.1. The minimum Gasteiger partial charge on any atom is -0.478 e. The van der Waals surface area contributed by atoms with Gasteiger partial charge >= 0.3 is 5.97 Å². The summed E-state index contributed by atoms with van der Waals surface area (Å²) in [6.07, 6.45) is 19.1. The highest BCUT2D eigenvalue weighted by atomic mass is 16.4. The van der Waals surface area contributed by atoms with E-state index in [1.54, 1.807) is 12.3 Å². The maximum atomic E-state index is 11.1. The Hall–Kier alpha value is -2.23. The normalized spacial score (nSPS) is 10.9. The van der Waals surface area contributed by atoms with Crippen LogP contribution in [-0.4, -0.2) is 21.0 Å². The van der Waals surface area contributed by atoms with Gasteiger partial charge in [0.1, 0.15) is 0 Å². The first-order valence-electron chi connectivity index (χ1n) is 10.9. The third-order valence-corrected chi connectivity index (χ3v) is 5.16. The summed E-state index contributed by atoms with van der Waals surface area (Å²) in [5.41, 5.74) is 2.83. The molecule has 0 saturated heterocycles. The van der Waals surface area contributed by atoms with Gasteiger partial charge in [0, 0.05) is 12.4 Å². The molecule has 2 heterocycles. The summed E-state index contributed by atoms with van der Waals surface area (Å²) in [5, 5.41) is 9.13. The molecule has 2 aromatic heterocycles. The predicted molar refractivity (Wildman–Crippen MR) is 115 cm³/mol. The summed E-state index contributed by atoms with van der Waals surface area (Å²) in [7, 11) is 0. The Labute approximate surface area is 169 Å². The minimum atomic E-state index is -0.944. The van der Waals surface area contributed by atoms with Crippen molar-refractivity contribution in [2.45, 2.75) is 84.0 Å². The number of carboxylic acid groups (broad SMARTS) is 1. The molecule has 152 valence electrons. The lowest BCUT2D eigenvalue weighted by Crippen LogP contribution is -1.98. The fraction of sp³-hybridized carbons (Fsp3) is 0.542. The second-order valence-electron chi connectivity index (χ2n) is 7.57. The molecule has 2 rings (SSSR count). The fourth-order valence-electron chi connectivity index (χ4n) is 3.47. The molecule has 0 aliphatic heterocycles. The fourth-order valence-corrected chi connectivity index (χ4v) is 3.47. The van der Waals surface area contributed by atoms with Crippen LogP contribution in [0.2, 0.25) is 0 Å². The maximum Gasteiger partial charge on any atom is 0.335 e. The standard InChI is InChI=1S/C24H34N2O2/c1-2-3-4-5-6-7-8-9-10-11-12-13-20-14-16-25-22(18-20)23-19-21(24(27)28)15-17-26-23/h14-19H,2-13H2,1H3,(H,27,28). The van der Waals surface area contributed by atoms with E-state index in [9.17, 15) is 4.79 Å². The zero-order valence-corrected chi connectivity index (χ0v) is 17.2. The smallest absolute Gasteiger partial charge is 0.335 e. The van der Waals surface area contributed by atoms with Crippen molar-refractivity contribution in [3.05, 3.63) is 47.8 Å². The van der Waals surface area contributed by atoms with Crippen LogP contribution in [0, 0.1) is 0 Å². The Morgan fingerprint density at radius 2 is 1.32 bits per heavy atom. The van der Waals surface area contributed by atoms with E-state index in [4.69, 9.17) is 5.11 Å². The van der Waals surface area contributed by atoms with Crippen LogP contribution in [0.15, 0.2) is 36.7 Å². The lowest BCUT2D eigenvalue weighted by Gasteiger charge is -2.06. The van der Waals surface area contributed by atoms with E-state index in [0.29, 0.717) is 5.69 Å². The molecular formula is C24H34N2O2. The van der Waals surface area contributed by atoms with Crippen molar-refractivity contribution in [2.75, 3.05) is 0 Å². The van der Waals surface area contributed by atoms with Gasteiger partial charge in [0.25, 0.3) is 0 Å². The SMILES string of the molecule is CCCCCCCCCCCCCc1ccnc(-c2cc(C(=O)O)ccn2)c1. The van der Waals surface area contributed by atoms with Gasteiger partial charge in [0.15, 0.2) is 0 Å². The monoisotopic (exact) mass is 382 g/mol. The van der Waals surface area contributed by atoms with Crippen molar-refractivity contribution in [1.82, 2.24) is 9.97 Å². The topological polar surface area (TPSA) is 63.1 Å². The Kier molecular flexibility index (Phi) is 10.3. The summed E-state index contributed by atoms with van der Waals surface area (Å²) >= 11 is 0. The number of rotatable bonds is 14.